The molecule has 0 heterocycles. The number of rotatable bonds is 3. The molecule has 0 aromatic heterocycles. The molecule has 0 amide bonds. The number of halogens is 2. The first kappa shape index (κ1) is 14.2. The highest BCUT2D eigenvalue weighted by Gasteiger charge is 2.40. The lowest BCUT2D eigenvalue weighted by Gasteiger charge is -2.43. The van der Waals surface area contributed by atoms with Gasteiger partial charge in [0.25, 0.3) is 0 Å². The zero-order valence-corrected chi connectivity index (χ0v) is 12.6. The van der Waals surface area contributed by atoms with Gasteiger partial charge in [0.2, 0.25) is 0 Å². The minimum absolute atomic E-state index is 0.134. The van der Waals surface area contributed by atoms with E-state index >= 15 is 0 Å². The van der Waals surface area contributed by atoms with Crippen molar-refractivity contribution in [2.75, 3.05) is 7.05 Å². The third-order valence-corrected chi connectivity index (χ3v) is 5.31. The lowest BCUT2D eigenvalue weighted by Crippen LogP contribution is -2.46. The Bertz CT molecular complexity index is 411. The fourth-order valence-corrected chi connectivity index (χ4v) is 3.77. The standard InChI is InChI=1S/C15H21Cl2N/c1-11(18-2)15(9-4-3-5-10-15)12-7-6-8-13(16)14(12)17/h6-8,11,18H,3-5,9-10H2,1-2H3. The monoisotopic (exact) mass is 285 g/mol. The molecule has 1 N–H and O–H groups in total. The summed E-state index contributed by atoms with van der Waals surface area (Å²) in [6.07, 6.45) is 6.25. The van der Waals surface area contributed by atoms with Gasteiger partial charge in [0.1, 0.15) is 0 Å². The maximum absolute atomic E-state index is 6.46. The predicted molar refractivity (Wildman–Crippen MR) is 79.7 cm³/mol. The molecule has 3 heteroatoms. The van der Waals surface area contributed by atoms with Gasteiger partial charge in [-0.25, -0.2) is 0 Å². The van der Waals surface area contributed by atoms with Crippen molar-refractivity contribution in [3.05, 3.63) is 33.8 Å². The highest BCUT2D eigenvalue weighted by Crippen LogP contribution is 2.46. The van der Waals surface area contributed by atoms with Crippen LogP contribution in [0.5, 0.6) is 0 Å². The van der Waals surface area contributed by atoms with Crippen LogP contribution in [0.4, 0.5) is 0 Å². The number of benzene rings is 1. The molecule has 1 aliphatic rings. The van der Waals surface area contributed by atoms with Crippen LogP contribution in [-0.2, 0) is 5.41 Å². The Morgan fingerprint density at radius 3 is 2.44 bits per heavy atom. The number of hydrogen-bond acceptors (Lipinski definition) is 1. The van der Waals surface area contributed by atoms with Crippen molar-refractivity contribution in [1.82, 2.24) is 5.32 Å². The quantitative estimate of drug-likeness (QED) is 0.841. The first-order valence-corrected chi connectivity index (χ1v) is 7.49. The highest BCUT2D eigenvalue weighted by atomic mass is 35.5. The zero-order valence-electron chi connectivity index (χ0n) is 11.1. The van der Waals surface area contributed by atoms with Crippen LogP contribution >= 0.6 is 23.2 Å². The van der Waals surface area contributed by atoms with Gasteiger partial charge in [-0.15, -0.1) is 0 Å². The Labute approximate surface area is 120 Å². The van der Waals surface area contributed by atoms with Crippen LogP contribution in [0.25, 0.3) is 0 Å². The second-order valence-corrected chi connectivity index (χ2v) is 6.11. The van der Waals surface area contributed by atoms with Crippen LogP contribution in [0.15, 0.2) is 18.2 Å². The summed E-state index contributed by atoms with van der Waals surface area (Å²) >= 11 is 12.6. The smallest absolute Gasteiger partial charge is 0.0630 e. The summed E-state index contributed by atoms with van der Waals surface area (Å²) in [6.45, 7) is 2.25. The maximum Gasteiger partial charge on any atom is 0.0630 e. The summed E-state index contributed by atoms with van der Waals surface area (Å²) in [5, 5.41) is 4.83. The van der Waals surface area contributed by atoms with Gasteiger partial charge >= 0.3 is 0 Å². The third-order valence-electron chi connectivity index (χ3n) is 4.50. The molecule has 0 aliphatic heterocycles. The van der Waals surface area contributed by atoms with Crippen molar-refractivity contribution in [1.29, 1.82) is 0 Å². The first-order valence-electron chi connectivity index (χ1n) is 6.73. The Morgan fingerprint density at radius 2 is 1.83 bits per heavy atom. The van der Waals surface area contributed by atoms with Gasteiger partial charge in [-0.1, -0.05) is 54.6 Å². The molecule has 0 bridgehead atoms. The molecule has 1 aromatic carbocycles. The van der Waals surface area contributed by atoms with E-state index in [9.17, 15) is 0 Å². The van der Waals surface area contributed by atoms with Gasteiger partial charge in [-0.3, -0.25) is 0 Å². The summed E-state index contributed by atoms with van der Waals surface area (Å²) in [7, 11) is 2.03. The second kappa shape index (κ2) is 5.81. The molecule has 1 nitrogen and oxygen atoms in total. The Balaban J connectivity index is 2.48. The molecular weight excluding hydrogens is 265 g/mol. The zero-order chi connectivity index (χ0) is 13.2. The summed E-state index contributed by atoms with van der Waals surface area (Å²) in [6, 6.07) is 6.44. The summed E-state index contributed by atoms with van der Waals surface area (Å²) in [5.41, 5.74) is 1.35. The molecular formula is C15H21Cl2N. The average molecular weight is 286 g/mol. The van der Waals surface area contributed by atoms with Crippen LogP contribution in [-0.4, -0.2) is 13.1 Å². The van der Waals surface area contributed by atoms with Gasteiger partial charge in [-0.05, 0) is 38.4 Å². The van der Waals surface area contributed by atoms with Crippen LogP contribution in [0, 0.1) is 0 Å². The van der Waals surface area contributed by atoms with Gasteiger partial charge in [0.05, 0.1) is 10.0 Å². The lowest BCUT2D eigenvalue weighted by molar-refractivity contribution is 0.231. The van der Waals surface area contributed by atoms with Crippen LogP contribution in [0.2, 0.25) is 10.0 Å². The molecule has 1 unspecified atom stereocenters. The van der Waals surface area contributed by atoms with Gasteiger partial charge < -0.3 is 5.32 Å². The van der Waals surface area contributed by atoms with Crippen LogP contribution in [0.1, 0.15) is 44.6 Å². The molecule has 18 heavy (non-hydrogen) atoms. The normalized spacial score (nSPS) is 20.7. The van der Waals surface area contributed by atoms with E-state index in [-0.39, 0.29) is 5.41 Å². The van der Waals surface area contributed by atoms with Gasteiger partial charge in [0, 0.05) is 11.5 Å². The van der Waals surface area contributed by atoms with E-state index in [1.165, 1.54) is 37.7 Å². The van der Waals surface area contributed by atoms with E-state index in [1.54, 1.807) is 0 Å². The average Bonchev–Trinajstić information content (AvgIpc) is 2.41. The van der Waals surface area contributed by atoms with Crippen molar-refractivity contribution in [2.24, 2.45) is 0 Å². The third kappa shape index (κ3) is 2.41. The van der Waals surface area contributed by atoms with E-state index < -0.39 is 0 Å². The van der Waals surface area contributed by atoms with Gasteiger partial charge in [-0.2, -0.15) is 0 Å². The molecule has 1 saturated carbocycles. The highest BCUT2D eigenvalue weighted by molar-refractivity contribution is 6.42. The predicted octanol–water partition coefficient (Wildman–Crippen LogP) is 4.80. The topological polar surface area (TPSA) is 12.0 Å². The number of likely N-dealkylation sites (N-methyl/N-ethyl adjacent to an activating group) is 1. The van der Waals surface area contributed by atoms with Crippen molar-refractivity contribution >= 4 is 23.2 Å². The molecule has 1 fully saturated rings. The van der Waals surface area contributed by atoms with Crippen LogP contribution in [0.3, 0.4) is 0 Å². The van der Waals surface area contributed by atoms with Crippen molar-refractivity contribution in [3.63, 3.8) is 0 Å². The van der Waals surface area contributed by atoms with Crippen LogP contribution < -0.4 is 5.32 Å². The molecule has 0 radical (unpaired) electrons. The molecule has 100 valence electrons. The lowest BCUT2D eigenvalue weighted by atomic mass is 9.65. The maximum atomic E-state index is 6.46. The Kier molecular flexibility index (Phi) is 4.58. The summed E-state index contributed by atoms with van der Waals surface area (Å²) in [4.78, 5) is 0. The molecule has 1 aliphatic carbocycles. The van der Waals surface area contributed by atoms with E-state index in [2.05, 4.69) is 18.3 Å². The second-order valence-electron chi connectivity index (χ2n) is 5.33. The number of nitrogens with one attached hydrogen (secondary N) is 1. The largest absolute Gasteiger partial charge is 0.316 e. The Morgan fingerprint density at radius 1 is 1.17 bits per heavy atom. The number of hydrogen-bond donors (Lipinski definition) is 1. The molecule has 1 atom stereocenters. The summed E-state index contributed by atoms with van der Waals surface area (Å²) < 4.78 is 0. The van der Waals surface area contributed by atoms with E-state index in [4.69, 9.17) is 23.2 Å². The fourth-order valence-electron chi connectivity index (χ4n) is 3.28. The summed E-state index contributed by atoms with van der Waals surface area (Å²) in [5.74, 6) is 0. The molecule has 0 saturated heterocycles. The van der Waals surface area contributed by atoms with E-state index in [0.29, 0.717) is 11.1 Å². The SMILES string of the molecule is CNC(C)C1(c2cccc(Cl)c2Cl)CCCCC1. The molecule has 2 rings (SSSR count). The molecule has 0 spiro atoms. The fraction of sp³-hybridized carbons (Fsp3) is 0.600. The van der Waals surface area contributed by atoms with E-state index in [0.717, 1.165) is 5.02 Å². The van der Waals surface area contributed by atoms with Crippen molar-refractivity contribution in [3.8, 4) is 0 Å². The molecule has 1 aromatic rings. The first-order chi connectivity index (χ1) is 8.62. The minimum atomic E-state index is 0.134. The van der Waals surface area contributed by atoms with Crippen molar-refractivity contribution < 1.29 is 0 Å². The van der Waals surface area contributed by atoms with Crippen molar-refractivity contribution in [2.45, 2.75) is 50.5 Å². The Hall–Kier alpha value is -0.240. The van der Waals surface area contributed by atoms with E-state index in [1.807, 2.05) is 19.2 Å². The minimum Gasteiger partial charge on any atom is -0.316 e. The van der Waals surface area contributed by atoms with Gasteiger partial charge in [0.15, 0.2) is 0 Å².